The van der Waals surface area contributed by atoms with Crippen molar-refractivity contribution in [1.29, 1.82) is 0 Å². The highest BCUT2D eigenvalue weighted by Gasteiger charge is 2.43. The van der Waals surface area contributed by atoms with Gasteiger partial charge in [-0.3, -0.25) is 24.0 Å². The Morgan fingerprint density at radius 1 is 0.747 bits per heavy atom. The second kappa shape index (κ2) is 21.8. The minimum Gasteiger partial charge on any atom is -0.493 e. The molecule has 18 heteroatoms. The number of aliphatic hydroxyl groups is 1. The number of nitrogens with one attached hydrogen (secondary N) is 5. The zero-order valence-electron chi connectivity index (χ0n) is 43.5. The zero-order chi connectivity index (χ0) is 53.3. The van der Waals surface area contributed by atoms with Crippen LogP contribution in [0.25, 0.3) is 0 Å². The number of anilines is 5. The maximum absolute atomic E-state index is 14.2. The van der Waals surface area contributed by atoms with Crippen molar-refractivity contribution in [2.24, 2.45) is 5.92 Å². The maximum atomic E-state index is 14.2. The van der Waals surface area contributed by atoms with Crippen LogP contribution in [0.3, 0.4) is 0 Å². The Labute approximate surface area is 441 Å². The van der Waals surface area contributed by atoms with Gasteiger partial charge < -0.3 is 60.4 Å². The molecule has 6 N–H and O–H groups in total. The number of thioether (sulfide) groups is 1. The molecule has 17 nitrogen and oxygen atoms in total. The van der Waals surface area contributed by atoms with E-state index in [0.717, 1.165) is 28.9 Å². The number of carbonyl (C=O) groups excluding carboxylic acids is 5. The van der Waals surface area contributed by atoms with Crippen LogP contribution in [0.2, 0.25) is 0 Å². The van der Waals surface area contributed by atoms with Crippen molar-refractivity contribution in [3.05, 3.63) is 124 Å². The highest BCUT2D eigenvalue weighted by Crippen LogP contribution is 2.43. The first-order valence-electron chi connectivity index (χ1n) is 25.3. The Morgan fingerprint density at radius 3 is 1.93 bits per heavy atom. The lowest BCUT2D eigenvalue weighted by Gasteiger charge is -2.26. The SMILES string of the molecule is COc1cc2c(cc1OCc1cc(COc3cc4c(cc3OC)C(=O)N3c5ccccc5C[C@H]3CN4)cc(NC(=O)[C@H](C)NC(=O)C(NC(=O)CCC(C)(C)SC)C(C)C)c1)N[C@H](O)C1Cc3ccccc3N1C2=O. The summed E-state index contributed by atoms with van der Waals surface area (Å²) in [4.78, 5) is 72.4. The van der Waals surface area contributed by atoms with E-state index in [-0.39, 0.29) is 65.6 Å². The van der Waals surface area contributed by atoms with Crippen LogP contribution in [0.5, 0.6) is 23.0 Å². The fourth-order valence-electron chi connectivity index (χ4n) is 10.1. The molecule has 2 unspecified atom stereocenters. The summed E-state index contributed by atoms with van der Waals surface area (Å²) in [6.45, 7) is 9.84. The monoisotopic (exact) mass is 1040 g/mol. The van der Waals surface area contributed by atoms with Gasteiger partial charge in [0, 0.05) is 46.9 Å². The van der Waals surface area contributed by atoms with Gasteiger partial charge in [-0.2, -0.15) is 11.8 Å². The number of para-hydroxylation sites is 2. The van der Waals surface area contributed by atoms with Gasteiger partial charge in [0.25, 0.3) is 11.8 Å². The third-order valence-corrected chi connectivity index (χ3v) is 15.7. The van der Waals surface area contributed by atoms with Crippen molar-refractivity contribution in [2.75, 3.05) is 52.8 Å². The summed E-state index contributed by atoms with van der Waals surface area (Å²) in [5.41, 5.74) is 7.07. The topological polar surface area (TPSA) is 209 Å². The van der Waals surface area contributed by atoms with Crippen LogP contribution in [0.4, 0.5) is 28.4 Å². The molecule has 0 spiro atoms. The molecular formula is C57H65N7O10S. The molecule has 5 aromatic rings. The lowest BCUT2D eigenvalue weighted by molar-refractivity contribution is -0.131. The van der Waals surface area contributed by atoms with E-state index in [1.165, 1.54) is 14.2 Å². The molecule has 75 heavy (non-hydrogen) atoms. The Bertz CT molecular complexity index is 3040. The van der Waals surface area contributed by atoms with Gasteiger partial charge in [-0.15, -0.1) is 0 Å². The number of hydrogen-bond acceptors (Lipinski definition) is 13. The fraction of sp³-hybridized carbons (Fsp3) is 0.386. The molecule has 0 aliphatic carbocycles. The van der Waals surface area contributed by atoms with Gasteiger partial charge in [0.05, 0.1) is 48.8 Å². The number of benzene rings is 5. The van der Waals surface area contributed by atoms with E-state index in [4.69, 9.17) is 18.9 Å². The molecule has 5 aromatic carbocycles. The van der Waals surface area contributed by atoms with Gasteiger partial charge in [0.15, 0.2) is 23.0 Å². The second-order valence-corrected chi connectivity index (χ2v) is 21.9. The Balaban J connectivity index is 0.960. The Hall–Kier alpha value is -7.44. The average Bonchev–Trinajstić information content (AvgIpc) is 3.92. The van der Waals surface area contributed by atoms with Crippen molar-refractivity contribution < 1.29 is 48.0 Å². The highest BCUT2D eigenvalue weighted by molar-refractivity contribution is 7.99. The van der Waals surface area contributed by atoms with Crippen LogP contribution < -0.4 is 55.3 Å². The molecule has 0 bridgehead atoms. The lowest BCUT2D eigenvalue weighted by Crippen LogP contribution is -2.53. The minimum absolute atomic E-state index is 0.00894. The molecule has 394 valence electrons. The van der Waals surface area contributed by atoms with Crippen LogP contribution in [0, 0.1) is 5.92 Å². The number of fused-ring (bicyclic) bond motifs is 8. The average molecular weight is 1040 g/mol. The van der Waals surface area contributed by atoms with Crippen LogP contribution in [-0.2, 0) is 40.4 Å². The lowest BCUT2D eigenvalue weighted by atomic mass is 10.0. The summed E-state index contributed by atoms with van der Waals surface area (Å²) in [5, 5.41) is 26.6. The molecular weight excluding hydrogens is 975 g/mol. The fourth-order valence-corrected chi connectivity index (χ4v) is 10.4. The first-order valence-corrected chi connectivity index (χ1v) is 26.5. The molecule has 0 saturated carbocycles. The van der Waals surface area contributed by atoms with E-state index in [1.54, 1.807) is 60.0 Å². The summed E-state index contributed by atoms with van der Waals surface area (Å²) < 4.78 is 24.4. The molecule has 4 heterocycles. The van der Waals surface area contributed by atoms with Gasteiger partial charge >= 0.3 is 0 Å². The largest absolute Gasteiger partial charge is 0.493 e. The normalized spacial score (nSPS) is 18.0. The van der Waals surface area contributed by atoms with E-state index >= 15 is 0 Å². The van der Waals surface area contributed by atoms with Gasteiger partial charge in [0.2, 0.25) is 17.7 Å². The van der Waals surface area contributed by atoms with Crippen molar-refractivity contribution in [2.45, 2.75) is 109 Å². The molecule has 9 rings (SSSR count). The third-order valence-electron chi connectivity index (χ3n) is 14.4. The molecule has 4 aliphatic rings. The summed E-state index contributed by atoms with van der Waals surface area (Å²) in [6.07, 6.45) is 3.01. The smallest absolute Gasteiger partial charge is 0.260 e. The first kappa shape index (κ1) is 52.4. The highest BCUT2D eigenvalue weighted by atomic mass is 32.2. The summed E-state index contributed by atoms with van der Waals surface area (Å²) in [7, 11) is 2.99. The van der Waals surface area contributed by atoms with Gasteiger partial charge in [-0.25, -0.2) is 0 Å². The molecule has 0 fully saturated rings. The van der Waals surface area contributed by atoms with Crippen molar-refractivity contribution in [3.8, 4) is 23.0 Å². The third kappa shape index (κ3) is 11.0. The number of methoxy groups -OCH3 is 2. The van der Waals surface area contributed by atoms with Crippen molar-refractivity contribution >= 4 is 69.7 Å². The first-order chi connectivity index (χ1) is 35.9. The van der Waals surface area contributed by atoms with E-state index in [9.17, 15) is 29.1 Å². The van der Waals surface area contributed by atoms with Crippen LogP contribution in [0.1, 0.15) is 90.4 Å². The van der Waals surface area contributed by atoms with E-state index in [2.05, 4.69) is 40.4 Å². The number of rotatable bonds is 18. The van der Waals surface area contributed by atoms with Gasteiger partial charge in [0.1, 0.15) is 31.5 Å². The predicted molar refractivity (Wildman–Crippen MR) is 291 cm³/mol. The Morgan fingerprint density at radius 2 is 1.32 bits per heavy atom. The molecule has 0 aromatic heterocycles. The van der Waals surface area contributed by atoms with Crippen LogP contribution >= 0.6 is 11.8 Å². The number of carbonyl (C=O) groups is 5. The molecule has 4 aliphatic heterocycles. The number of nitrogens with zero attached hydrogens (tertiary/aromatic N) is 2. The number of aliphatic hydroxyl groups excluding tert-OH is 1. The number of amides is 5. The van der Waals surface area contributed by atoms with Gasteiger partial charge in [-0.05, 0) is 103 Å². The van der Waals surface area contributed by atoms with E-state index in [1.807, 2.05) is 79.6 Å². The standard InChI is InChI=1S/C57H65N7O10S/c1-31(2)51(62-50(65)17-18-57(4,5)75-8)54(68)59-32(3)52(66)60-37-20-33(29-73-48-26-41-39(24-46(48)71-6)55(69)63-38(28-58-41)22-35-13-9-11-15-43(35)63)19-34(21-37)30-74-49-27-42-40(25-47(49)72-7)56(70)64-44-16-12-10-14-36(44)23-45(64)53(67)61-42/h9-16,19-21,24-27,31-32,38,45,51,53,58,61,67H,17-18,22-23,28-30H2,1-8H3,(H,59,68)(H,60,66)(H,62,65)/t32-,38-,45?,51?,53+/m0/s1. The summed E-state index contributed by atoms with van der Waals surface area (Å²) >= 11 is 1.67. The number of ether oxygens (including phenoxy) is 4. The molecule has 0 radical (unpaired) electrons. The van der Waals surface area contributed by atoms with Crippen molar-refractivity contribution in [1.82, 2.24) is 10.6 Å². The van der Waals surface area contributed by atoms with Crippen molar-refractivity contribution in [3.63, 3.8) is 0 Å². The van der Waals surface area contributed by atoms with Crippen LogP contribution in [-0.4, -0.2) is 96.8 Å². The summed E-state index contributed by atoms with van der Waals surface area (Å²) in [6, 6.07) is 25.1. The van der Waals surface area contributed by atoms with Gasteiger partial charge in [-0.1, -0.05) is 64.1 Å². The predicted octanol–water partition coefficient (Wildman–Crippen LogP) is 7.68. The quantitative estimate of drug-likeness (QED) is 0.0499. The molecule has 0 saturated heterocycles. The second-order valence-electron chi connectivity index (χ2n) is 20.4. The summed E-state index contributed by atoms with van der Waals surface area (Å²) in [5.74, 6) is -0.620. The maximum Gasteiger partial charge on any atom is 0.260 e. The molecule has 5 atom stereocenters. The van der Waals surface area contributed by atoms with E-state index in [0.29, 0.717) is 70.2 Å². The van der Waals surface area contributed by atoms with E-state index < -0.39 is 36.2 Å². The zero-order valence-corrected chi connectivity index (χ0v) is 44.3. The molecule has 5 amide bonds. The minimum atomic E-state index is -1.08. The number of hydrogen-bond donors (Lipinski definition) is 6. The van der Waals surface area contributed by atoms with Crippen LogP contribution in [0.15, 0.2) is 91.0 Å². The Kier molecular flexibility index (Phi) is 15.2.